The number of carbonyl (C=O) groups excluding carboxylic acids is 1. The zero-order valence-corrected chi connectivity index (χ0v) is 20.1. The fourth-order valence-electron chi connectivity index (χ4n) is 3.10. The lowest BCUT2D eigenvalue weighted by molar-refractivity contribution is -0.118. The first-order valence-electron chi connectivity index (χ1n) is 10.00. The first-order valence-corrected chi connectivity index (χ1v) is 11.8. The molecule has 9 heteroatoms. The summed E-state index contributed by atoms with van der Waals surface area (Å²) in [6.07, 6.45) is 1.55. The van der Waals surface area contributed by atoms with E-state index in [1.807, 2.05) is 83.4 Å². The van der Waals surface area contributed by atoms with Crippen LogP contribution in [0.25, 0.3) is 17.1 Å². The summed E-state index contributed by atoms with van der Waals surface area (Å²) in [4.78, 5) is 12.4. The van der Waals surface area contributed by atoms with E-state index >= 15 is 0 Å². The molecule has 0 aliphatic carbocycles. The number of rotatable bonds is 8. The first-order chi connectivity index (χ1) is 16.2. The molecule has 3 aromatic carbocycles. The third-order valence-electron chi connectivity index (χ3n) is 4.59. The Bertz CT molecular complexity index is 1280. The molecule has 1 heterocycles. The minimum Gasteiger partial charge on any atom is -0.496 e. The number of methoxy groups -OCH3 is 1. The summed E-state index contributed by atoms with van der Waals surface area (Å²) in [6.45, 7) is 0. The molecule has 166 valence electrons. The van der Waals surface area contributed by atoms with Crippen molar-refractivity contribution in [3.63, 3.8) is 0 Å². The highest BCUT2D eigenvalue weighted by Crippen LogP contribution is 2.29. The smallest absolute Gasteiger partial charge is 0.250 e. The number of hydrogen-bond acceptors (Lipinski definition) is 6. The number of para-hydroxylation sites is 2. The fraction of sp³-hybridized carbons (Fsp3) is 0.0833. The van der Waals surface area contributed by atoms with E-state index in [0.29, 0.717) is 16.7 Å². The predicted molar refractivity (Wildman–Crippen MR) is 134 cm³/mol. The van der Waals surface area contributed by atoms with Gasteiger partial charge in [0.05, 0.1) is 19.1 Å². The number of nitrogens with zero attached hydrogens (tertiary/aromatic N) is 4. The van der Waals surface area contributed by atoms with Crippen molar-refractivity contribution in [2.24, 2.45) is 5.10 Å². The molecular weight excluding hydrogens is 502 g/mol. The van der Waals surface area contributed by atoms with Gasteiger partial charge in [0.15, 0.2) is 11.0 Å². The zero-order chi connectivity index (χ0) is 23.0. The van der Waals surface area contributed by atoms with Crippen LogP contribution >= 0.6 is 27.7 Å². The molecule has 0 atom stereocenters. The van der Waals surface area contributed by atoms with Crippen LogP contribution in [0.3, 0.4) is 0 Å². The molecule has 1 N–H and O–H groups in total. The van der Waals surface area contributed by atoms with Crippen molar-refractivity contribution < 1.29 is 9.53 Å². The van der Waals surface area contributed by atoms with E-state index in [-0.39, 0.29) is 11.7 Å². The number of amides is 1. The molecule has 4 aromatic rings. The van der Waals surface area contributed by atoms with Crippen molar-refractivity contribution in [3.05, 3.63) is 88.9 Å². The van der Waals surface area contributed by atoms with Crippen LogP contribution in [0.4, 0.5) is 0 Å². The molecule has 0 bridgehead atoms. The highest BCUT2D eigenvalue weighted by atomic mass is 79.9. The number of halogens is 1. The maximum atomic E-state index is 12.4. The second kappa shape index (κ2) is 10.9. The van der Waals surface area contributed by atoms with E-state index in [2.05, 4.69) is 36.7 Å². The Hall–Kier alpha value is -3.43. The third-order valence-corrected chi connectivity index (χ3v) is 6.02. The Balaban J connectivity index is 1.50. The Labute approximate surface area is 204 Å². The van der Waals surface area contributed by atoms with E-state index in [1.54, 1.807) is 13.3 Å². The van der Waals surface area contributed by atoms with Crippen LogP contribution in [0.5, 0.6) is 5.75 Å². The quantitative estimate of drug-likeness (QED) is 0.201. The van der Waals surface area contributed by atoms with E-state index < -0.39 is 0 Å². The van der Waals surface area contributed by atoms with Crippen LogP contribution < -0.4 is 10.2 Å². The standard InChI is InChI=1S/C24H20BrN5O2S/c1-32-21-13-6-5-8-18(21)15-26-27-22(31)16-33-24-29-28-23(17-9-7-10-19(25)14-17)30(24)20-11-3-2-4-12-20/h2-15H,16H2,1H3,(H,27,31)/b26-15-. The third kappa shape index (κ3) is 5.68. The van der Waals surface area contributed by atoms with Gasteiger partial charge in [-0.3, -0.25) is 9.36 Å². The molecule has 0 spiro atoms. The van der Waals surface area contributed by atoms with Crippen LogP contribution in [-0.2, 0) is 4.79 Å². The van der Waals surface area contributed by atoms with Gasteiger partial charge in [-0.1, -0.05) is 70.2 Å². The van der Waals surface area contributed by atoms with Gasteiger partial charge in [0.2, 0.25) is 0 Å². The molecule has 0 radical (unpaired) electrons. The molecule has 7 nitrogen and oxygen atoms in total. The largest absolute Gasteiger partial charge is 0.496 e. The summed E-state index contributed by atoms with van der Waals surface area (Å²) in [6, 6.07) is 25.1. The normalized spacial score (nSPS) is 11.0. The van der Waals surface area contributed by atoms with Gasteiger partial charge < -0.3 is 4.74 Å². The molecule has 1 aromatic heterocycles. The number of benzene rings is 3. The van der Waals surface area contributed by atoms with Crippen LogP contribution in [0, 0.1) is 0 Å². The van der Waals surface area contributed by atoms with Crippen LogP contribution in [0.2, 0.25) is 0 Å². The monoisotopic (exact) mass is 521 g/mol. The number of carbonyl (C=O) groups is 1. The van der Waals surface area contributed by atoms with Gasteiger partial charge in [0, 0.05) is 21.3 Å². The summed E-state index contributed by atoms with van der Waals surface area (Å²) in [5.41, 5.74) is 5.15. The molecular formula is C24H20BrN5O2S. The van der Waals surface area contributed by atoms with Crippen molar-refractivity contribution in [2.75, 3.05) is 12.9 Å². The Kier molecular flexibility index (Phi) is 7.54. The summed E-state index contributed by atoms with van der Waals surface area (Å²) < 4.78 is 8.17. The molecule has 4 rings (SSSR count). The lowest BCUT2D eigenvalue weighted by Gasteiger charge is -2.10. The van der Waals surface area contributed by atoms with Crippen LogP contribution in [-0.4, -0.2) is 39.7 Å². The number of aromatic nitrogens is 3. The molecule has 0 aliphatic heterocycles. The average molecular weight is 522 g/mol. The van der Waals surface area contributed by atoms with Gasteiger partial charge in [-0.05, 0) is 36.4 Å². The van der Waals surface area contributed by atoms with Gasteiger partial charge in [0.1, 0.15) is 5.75 Å². The van der Waals surface area contributed by atoms with Gasteiger partial charge in [-0.25, -0.2) is 5.43 Å². The average Bonchev–Trinajstić information content (AvgIpc) is 3.27. The molecule has 33 heavy (non-hydrogen) atoms. The number of ether oxygens (including phenoxy) is 1. The highest BCUT2D eigenvalue weighted by molar-refractivity contribution is 9.10. The van der Waals surface area contributed by atoms with Crippen molar-refractivity contribution in [1.82, 2.24) is 20.2 Å². The summed E-state index contributed by atoms with van der Waals surface area (Å²) in [5, 5.41) is 13.4. The zero-order valence-electron chi connectivity index (χ0n) is 17.7. The lowest BCUT2D eigenvalue weighted by Crippen LogP contribution is -2.20. The maximum Gasteiger partial charge on any atom is 0.250 e. The molecule has 0 fully saturated rings. The van der Waals surface area contributed by atoms with Gasteiger partial charge in [-0.15, -0.1) is 10.2 Å². The second-order valence-electron chi connectivity index (χ2n) is 6.81. The number of thioether (sulfide) groups is 1. The van der Waals surface area contributed by atoms with Crippen molar-refractivity contribution in [3.8, 4) is 22.8 Å². The van der Waals surface area contributed by atoms with E-state index in [1.165, 1.54) is 11.8 Å². The van der Waals surface area contributed by atoms with Crippen molar-refractivity contribution in [2.45, 2.75) is 5.16 Å². The van der Waals surface area contributed by atoms with E-state index in [9.17, 15) is 4.79 Å². The highest BCUT2D eigenvalue weighted by Gasteiger charge is 2.17. The molecule has 0 saturated heterocycles. The Morgan fingerprint density at radius 1 is 1.09 bits per heavy atom. The van der Waals surface area contributed by atoms with Crippen molar-refractivity contribution in [1.29, 1.82) is 0 Å². The van der Waals surface area contributed by atoms with E-state index in [0.717, 1.165) is 21.3 Å². The molecule has 0 saturated carbocycles. The number of nitrogens with one attached hydrogen (secondary N) is 1. The summed E-state index contributed by atoms with van der Waals surface area (Å²) in [7, 11) is 1.59. The molecule has 0 unspecified atom stereocenters. The molecule has 0 aliphatic rings. The number of hydrazone groups is 1. The topological polar surface area (TPSA) is 81.4 Å². The summed E-state index contributed by atoms with van der Waals surface area (Å²) >= 11 is 4.80. The Morgan fingerprint density at radius 2 is 1.88 bits per heavy atom. The molecule has 1 amide bonds. The summed E-state index contributed by atoms with van der Waals surface area (Å²) in [5.74, 6) is 1.26. The minimum atomic E-state index is -0.252. The van der Waals surface area contributed by atoms with Gasteiger partial charge in [-0.2, -0.15) is 5.10 Å². The van der Waals surface area contributed by atoms with Crippen LogP contribution in [0.1, 0.15) is 5.56 Å². The number of hydrogen-bond donors (Lipinski definition) is 1. The maximum absolute atomic E-state index is 12.4. The second-order valence-corrected chi connectivity index (χ2v) is 8.67. The minimum absolute atomic E-state index is 0.132. The van der Waals surface area contributed by atoms with Crippen LogP contribution in [0.15, 0.2) is 93.6 Å². The first kappa shape index (κ1) is 22.8. The predicted octanol–water partition coefficient (Wildman–Crippen LogP) is 4.95. The fourth-order valence-corrected chi connectivity index (χ4v) is 4.24. The SMILES string of the molecule is COc1ccccc1/C=N\NC(=O)CSc1nnc(-c2cccc(Br)c2)n1-c1ccccc1. The van der Waals surface area contributed by atoms with Gasteiger partial charge in [0.25, 0.3) is 5.91 Å². The Morgan fingerprint density at radius 3 is 2.67 bits per heavy atom. The lowest BCUT2D eigenvalue weighted by atomic mass is 10.2. The van der Waals surface area contributed by atoms with Crippen molar-refractivity contribution >= 4 is 39.8 Å². The van der Waals surface area contributed by atoms with Gasteiger partial charge >= 0.3 is 0 Å². The van der Waals surface area contributed by atoms with E-state index in [4.69, 9.17) is 4.74 Å².